The number of piperidine rings is 1. The van der Waals surface area contributed by atoms with Gasteiger partial charge >= 0.3 is 6.09 Å². The Bertz CT molecular complexity index is 1360. The highest BCUT2D eigenvalue weighted by Gasteiger charge is 2.45. The molecule has 4 amide bonds. The lowest BCUT2D eigenvalue weighted by molar-refractivity contribution is -0.133. The van der Waals surface area contributed by atoms with Crippen molar-refractivity contribution in [2.75, 3.05) is 56.4 Å². The molecule has 0 bridgehead atoms. The van der Waals surface area contributed by atoms with E-state index >= 15 is 0 Å². The van der Waals surface area contributed by atoms with E-state index in [4.69, 9.17) is 18.9 Å². The SMILES string of the molecule is CCOC[C@H](NC(=O)[C@H]1C[C@@H](C(=O)N(c2ccc3c(c2)N(CCCOC)C(=O)C(C)(C)O3)C2CC2)CN(C(=O)OC(C)(C)C)C1)C(C)(C)C. The van der Waals surface area contributed by atoms with Gasteiger partial charge in [-0.15, -0.1) is 0 Å². The first-order valence-electron chi connectivity index (χ1n) is 17.7. The summed E-state index contributed by atoms with van der Waals surface area (Å²) in [5.41, 5.74) is -0.792. The molecule has 12 nitrogen and oxygen atoms in total. The number of methoxy groups -OCH3 is 1. The Kier molecular flexibility index (Phi) is 12.0. The quantitative estimate of drug-likeness (QED) is 0.299. The van der Waals surface area contributed by atoms with E-state index < -0.39 is 29.1 Å². The zero-order chi connectivity index (χ0) is 36.3. The minimum absolute atomic E-state index is 0.0233. The van der Waals surface area contributed by atoms with Gasteiger partial charge < -0.3 is 39.0 Å². The van der Waals surface area contributed by atoms with Crippen LogP contribution in [-0.2, 0) is 28.6 Å². The van der Waals surface area contributed by atoms with Crippen molar-refractivity contribution in [2.24, 2.45) is 17.3 Å². The van der Waals surface area contributed by atoms with E-state index in [-0.39, 0.29) is 54.7 Å². The van der Waals surface area contributed by atoms with Gasteiger partial charge in [-0.3, -0.25) is 14.4 Å². The third-order valence-electron chi connectivity index (χ3n) is 9.19. The summed E-state index contributed by atoms with van der Waals surface area (Å²) in [4.78, 5) is 60.4. The topological polar surface area (TPSA) is 127 Å². The molecule has 1 saturated heterocycles. The second-order valence-corrected chi connectivity index (χ2v) is 16.1. The molecule has 1 aromatic carbocycles. The summed E-state index contributed by atoms with van der Waals surface area (Å²) >= 11 is 0. The predicted octanol–water partition coefficient (Wildman–Crippen LogP) is 5.16. The van der Waals surface area contributed by atoms with Crippen LogP contribution in [0.4, 0.5) is 16.2 Å². The van der Waals surface area contributed by atoms with Gasteiger partial charge in [0.25, 0.3) is 5.91 Å². The van der Waals surface area contributed by atoms with Crippen LogP contribution < -0.4 is 19.9 Å². The zero-order valence-electron chi connectivity index (χ0n) is 31.2. The lowest BCUT2D eigenvalue weighted by atomic mass is 9.84. The first-order chi connectivity index (χ1) is 22.9. The van der Waals surface area contributed by atoms with E-state index in [1.807, 2.05) is 45.9 Å². The Morgan fingerprint density at radius 1 is 1.08 bits per heavy atom. The average Bonchev–Trinajstić information content (AvgIpc) is 3.85. The van der Waals surface area contributed by atoms with Gasteiger partial charge in [-0.25, -0.2) is 4.79 Å². The Hall–Kier alpha value is -3.38. The van der Waals surface area contributed by atoms with Crippen LogP contribution in [0.5, 0.6) is 5.75 Å². The van der Waals surface area contributed by atoms with E-state index in [1.165, 1.54) is 4.90 Å². The van der Waals surface area contributed by atoms with Gasteiger partial charge in [0.05, 0.1) is 30.2 Å². The highest BCUT2D eigenvalue weighted by atomic mass is 16.6. The first kappa shape index (κ1) is 38.4. The first-order valence-corrected chi connectivity index (χ1v) is 17.7. The number of amides is 4. The fraction of sp³-hybridized carbons (Fsp3) is 0.730. The summed E-state index contributed by atoms with van der Waals surface area (Å²) in [5.74, 6) is -1.25. The van der Waals surface area contributed by atoms with E-state index in [1.54, 1.807) is 51.5 Å². The Labute approximate surface area is 292 Å². The normalized spacial score (nSPS) is 21.4. The molecule has 2 heterocycles. The summed E-state index contributed by atoms with van der Waals surface area (Å²) in [7, 11) is 1.63. The molecule has 0 spiro atoms. The molecule has 0 aromatic heterocycles. The lowest BCUT2D eigenvalue weighted by Crippen LogP contribution is -2.56. The Morgan fingerprint density at radius 3 is 2.35 bits per heavy atom. The third kappa shape index (κ3) is 9.66. The molecule has 12 heteroatoms. The van der Waals surface area contributed by atoms with E-state index in [0.29, 0.717) is 49.9 Å². The van der Waals surface area contributed by atoms with Crippen LogP contribution >= 0.6 is 0 Å². The third-order valence-corrected chi connectivity index (χ3v) is 9.19. The van der Waals surface area contributed by atoms with Crippen molar-refractivity contribution in [2.45, 2.75) is 111 Å². The van der Waals surface area contributed by atoms with Gasteiger partial charge in [0, 0.05) is 51.7 Å². The zero-order valence-corrected chi connectivity index (χ0v) is 31.2. The molecule has 1 aliphatic carbocycles. The molecule has 1 aromatic rings. The predicted molar refractivity (Wildman–Crippen MR) is 188 cm³/mol. The molecule has 1 N–H and O–H groups in total. The second-order valence-electron chi connectivity index (χ2n) is 16.1. The number of carbonyl (C=O) groups excluding carboxylic acids is 4. The summed E-state index contributed by atoms with van der Waals surface area (Å²) in [6, 6.07) is 5.25. The monoisotopic (exact) mass is 686 g/mol. The smallest absolute Gasteiger partial charge is 0.410 e. The van der Waals surface area contributed by atoms with Crippen molar-refractivity contribution in [3.05, 3.63) is 18.2 Å². The van der Waals surface area contributed by atoms with Gasteiger partial charge in [-0.2, -0.15) is 0 Å². The Morgan fingerprint density at radius 2 is 1.76 bits per heavy atom. The van der Waals surface area contributed by atoms with Gasteiger partial charge in [0.2, 0.25) is 11.8 Å². The largest absolute Gasteiger partial charge is 0.476 e. The van der Waals surface area contributed by atoms with Crippen LogP contribution in [0.25, 0.3) is 0 Å². The maximum atomic E-state index is 14.6. The molecular weight excluding hydrogens is 628 g/mol. The number of anilines is 2. The molecule has 0 unspecified atom stereocenters. The number of nitrogens with zero attached hydrogens (tertiary/aromatic N) is 3. The molecule has 49 heavy (non-hydrogen) atoms. The van der Waals surface area contributed by atoms with Crippen LogP contribution in [0.1, 0.15) is 88.0 Å². The summed E-state index contributed by atoms with van der Waals surface area (Å²) < 4.78 is 22.8. The molecule has 0 radical (unpaired) electrons. The van der Waals surface area contributed by atoms with Gasteiger partial charge in [-0.05, 0) is 90.8 Å². The van der Waals surface area contributed by atoms with Crippen LogP contribution in [0.3, 0.4) is 0 Å². The van der Waals surface area contributed by atoms with Crippen molar-refractivity contribution >= 4 is 35.2 Å². The number of benzene rings is 1. The maximum absolute atomic E-state index is 14.6. The molecular formula is C37H58N4O8. The molecule has 3 aliphatic rings. The van der Waals surface area contributed by atoms with Gasteiger partial charge in [-0.1, -0.05) is 20.8 Å². The molecule has 2 fully saturated rings. The highest BCUT2D eigenvalue weighted by molar-refractivity contribution is 6.04. The Balaban J connectivity index is 1.65. The summed E-state index contributed by atoms with van der Waals surface area (Å²) in [5, 5.41) is 3.17. The lowest BCUT2D eigenvalue weighted by Gasteiger charge is -2.41. The molecule has 3 atom stereocenters. The summed E-state index contributed by atoms with van der Waals surface area (Å²) in [6.07, 6.45) is 2.03. The minimum Gasteiger partial charge on any atom is -0.476 e. The molecule has 2 aliphatic heterocycles. The van der Waals surface area contributed by atoms with Crippen molar-refractivity contribution in [3.63, 3.8) is 0 Å². The van der Waals surface area contributed by atoms with Crippen LogP contribution in [0.15, 0.2) is 18.2 Å². The fourth-order valence-corrected chi connectivity index (χ4v) is 6.32. The number of nitrogens with one attached hydrogen (secondary N) is 1. The van der Waals surface area contributed by atoms with Crippen molar-refractivity contribution in [1.29, 1.82) is 0 Å². The van der Waals surface area contributed by atoms with Gasteiger partial charge in [0.15, 0.2) is 5.60 Å². The fourth-order valence-electron chi connectivity index (χ4n) is 6.32. The average molecular weight is 687 g/mol. The van der Waals surface area contributed by atoms with Crippen molar-refractivity contribution < 1.29 is 38.1 Å². The van der Waals surface area contributed by atoms with E-state index in [0.717, 1.165) is 12.8 Å². The highest BCUT2D eigenvalue weighted by Crippen LogP contribution is 2.43. The standard InChI is InChI=1S/C37H58N4O8/c1-11-47-23-30(35(2,3)4)38-31(42)24-19-25(22-39(21-24)34(45)49-36(5,6)7)32(43)41(26-13-14-26)27-15-16-29-28(20-27)40(17-12-18-46-10)33(44)37(8,9)48-29/h15-16,20,24-26,30H,11-14,17-19,21-23H2,1-10H3,(H,38,42)/t24-,25+,30-/m0/s1. The second kappa shape index (κ2) is 15.2. The maximum Gasteiger partial charge on any atom is 0.410 e. The molecule has 274 valence electrons. The van der Waals surface area contributed by atoms with Crippen molar-refractivity contribution in [3.8, 4) is 5.75 Å². The minimum atomic E-state index is -1.04. The molecule has 1 saturated carbocycles. The van der Waals surface area contributed by atoms with Crippen LogP contribution in [-0.4, -0.2) is 98.6 Å². The van der Waals surface area contributed by atoms with E-state index in [2.05, 4.69) is 5.32 Å². The number of fused-ring (bicyclic) bond motifs is 1. The number of rotatable bonds is 12. The van der Waals surface area contributed by atoms with Crippen LogP contribution in [0.2, 0.25) is 0 Å². The van der Waals surface area contributed by atoms with Crippen LogP contribution in [0, 0.1) is 17.3 Å². The van der Waals surface area contributed by atoms with Gasteiger partial charge in [0.1, 0.15) is 11.4 Å². The number of hydrogen-bond acceptors (Lipinski definition) is 8. The number of likely N-dealkylation sites (tertiary alicyclic amines) is 1. The summed E-state index contributed by atoms with van der Waals surface area (Å²) in [6.45, 7) is 19.0. The van der Waals surface area contributed by atoms with Crippen molar-refractivity contribution in [1.82, 2.24) is 10.2 Å². The van der Waals surface area contributed by atoms with E-state index in [9.17, 15) is 19.2 Å². The number of ether oxygens (including phenoxy) is 4. The number of carbonyl (C=O) groups is 4. The molecule has 4 rings (SSSR count). The number of hydrogen-bond donors (Lipinski definition) is 1.